The minimum atomic E-state index is -0.838. The van der Waals surface area contributed by atoms with Crippen molar-refractivity contribution < 1.29 is 14.4 Å². The first-order chi connectivity index (χ1) is 14.4. The Morgan fingerprint density at radius 3 is 2.00 bits per heavy atom. The lowest BCUT2D eigenvalue weighted by atomic mass is 10.00. The smallest absolute Gasteiger partial charge is 0.251 e. The summed E-state index contributed by atoms with van der Waals surface area (Å²) in [6.07, 6.45) is 0.292. The minimum Gasteiger partial charge on any atom is -0.368 e. The third-order valence-corrected chi connectivity index (χ3v) is 4.62. The van der Waals surface area contributed by atoms with E-state index in [0.717, 1.165) is 16.7 Å². The molecule has 4 N–H and O–H groups in total. The van der Waals surface area contributed by atoms with Gasteiger partial charge in [-0.1, -0.05) is 54.6 Å². The second-order valence-corrected chi connectivity index (χ2v) is 6.95. The lowest BCUT2D eigenvalue weighted by Gasteiger charge is -2.16. The molecule has 0 aliphatic heterocycles. The van der Waals surface area contributed by atoms with E-state index in [-0.39, 0.29) is 5.91 Å². The highest BCUT2D eigenvalue weighted by Gasteiger charge is 2.19. The Hall–Kier alpha value is -3.93. The first kappa shape index (κ1) is 20.8. The highest BCUT2D eigenvalue weighted by Crippen LogP contribution is 2.20. The van der Waals surface area contributed by atoms with Crippen LogP contribution in [0.5, 0.6) is 0 Å². The SMILES string of the molecule is CC(=O)Nc1ccc(C(=O)N[C@@H](Cc2ccc(-c3ccccc3)cc2)C(N)=O)cc1. The maximum absolute atomic E-state index is 12.5. The highest BCUT2D eigenvalue weighted by atomic mass is 16.2. The van der Waals surface area contributed by atoms with Gasteiger partial charge in [-0.05, 0) is 41.0 Å². The molecule has 0 unspecified atom stereocenters. The summed E-state index contributed by atoms with van der Waals surface area (Å²) in [5.41, 5.74) is 9.53. The molecule has 0 bridgehead atoms. The summed E-state index contributed by atoms with van der Waals surface area (Å²) in [4.78, 5) is 35.5. The summed E-state index contributed by atoms with van der Waals surface area (Å²) < 4.78 is 0. The molecule has 0 saturated heterocycles. The van der Waals surface area contributed by atoms with Gasteiger partial charge >= 0.3 is 0 Å². The van der Waals surface area contributed by atoms with Crippen molar-refractivity contribution in [3.8, 4) is 11.1 Å². The van der Waals surface area contributed by atoms with Gasteiger partial charge < -0.3 is 16.4 Å². The lowest BCUT2D eigenvalue weighted by molar-refractivity contribution is -0.119. The molecule has 3 aromatic rings. The van der Waals surface area contributed by atoms with E-state index < -0.39 is 17.9 Å². The van der Waals surface area contributed by atoms with Gasteiger partial charge in [-0.25, -0.2) is 0 Å². The standard InChI is InChI=1S/C24H23N3O3/c1-16(28)26-21-13-11-20(12-14-21)24(30)27-22(23(25)29)15-17-7-9-19(10-8-17)18-5-3-2-4-6-18/h2-14,22H,15H2,1H3,(H2,25,29)(H,26,28)(H,27,30)/t22-/m0/s1. The van der Waals surface area contributed by atoms with Crippen LogP contribution in [0.15, 0.2) is 78.9 Å². The zero-order valence-electron chi connectivity index (χ0n) is 16.6. The van der Waals surface area contributed by atoms with E-state index in [1.807, 2.05) is 54.6 Å². The summed E-state index contributed by atoms with van der Waals surface area (Å²) in [6.45, 7) is 1.41. The normalized spacial score (nSPS) is 11.4. The number of nitrogens with one attached hydrogen (secondary N) is 2. The average molecular weight is 401 g/mol. The number of hydrogen-bond donors (Lipinski definition) is 3. The third-order valence-electron chi connectivity index (χ3n) is 4.62. The summed E-state index contributed by atoms with van der Waals surface area (Å²) in [7, 11) is 0. The number of nitrogens with two attached hydrogens (primary N) is 1. The van der Waals surface area contributed by atoms with Crippen LogP contribution in [0.1, 0.15) is 22.8 Å². The van der Waals surface area contributed by atoms with Crippen molar-refractivity contribution in [2.75, 3.05) is 5.32 Å². The Labute approximate surface area is 175 Å². The van der Waals surface area contributed by atoms with Gasteiger partial charge in [0.25, 0.3) is 5.91 Å². The lowest BCUT2D eigenvalue weighted by Crippen LogP contribution is -2.45. The number of carbonyl (C=O) groups excluding carboxylic acids is 3. The van der Waals surface area contributed by atoms with Gasteiger partial charge in [0.1, 0.15) is 6.04 Å². The van der Waals surface area contributed by atoms with Crippen LogP contribution in [0, 0.1) is 0 Å². The fraction of sp³-hybridized carbons (Fsp3) is 0.125. The van der Waals surface area contributed by atoms with Crippen LogP contribution in [0.4, 0.5) is 5.69 Å². The summed E-state index contributed by atoms with van der Waals surface area (Å²) in [5, 5.41) is 5.32. The Kier molecular flexibility index (Phi) is 6.60. The number of hydrogen-bond acceptors (Lipinski definition) is 3. The van der Waals surface area contributed by atoms with E-state index >= 15 is 0 Å². The van der Waals surface area contributed by atoms with Crippen molar-refractivity contribution in [2.45, 2.75) is 19.4 Å². The largest absolute Gasteiger partial charge is 0.368 e. The first-order valence-corrected chi connectivity index (χ1v) is 9.54. The number of primary amides is 1. The molecule has 3 rings (SSSR count). The van der Waals surface area contributed by atoms with E-state index in [2.05, 4.69) is 10.6 Å². The van der Waals surface area contributed by atoms with Gasteiger partial charge in [0.2, 0.25) is 11.8 Å². The molecule has 3 aromatic carbocycles. The molecular weight excluding hydrogens is 378 g/mol. The van der Waals surface area contributed by atoms with E-state index in [1.165, 1.54) is 6.92 Å². The number of rotatable bonds is 7. The molecule has 0 aliphatic carbocycles. The van der Waals surface area contributed by atoms with Crippen molar-refractivity contribution in [1.29, 1.82) is 0 Å². The maximum atomic E-state index is 12.5. The van der Waals surface area contributed by atoms with Gasteiger partial charge in [0.15, 0.2) is 0 Å². The maximum Gasteiger partial charge on any atom is 0.251 e. The molecule has 0 aliphatic rings. The molecular formula is C24H23N3O3. The number of anilines is 1. The molecule has 6 heteroatoms. The molecule has 6 nitrogen and oxygen atoms in total. The molecule has 0 radical (unpaired) electrons. The number of benzene rings is 3. The van der Waals surface area contributed by atoms with E-state index in [0.29, 0.717) is 17.7 Å². The van der Waals surface area contributed by atoms with Crippen molar-refractivity contribution >= 4 is 23.4 Å². The number of carbonyl (C=O) groups is 3. The molecule has 3 amide bonds. The Morgan fingerprint density at radius 1 is 0.833 bits per heavy atom. The van der Waals surface area contributed by atoms with Crippen molar-refractivity contribution in [1.82, 2.24) is 5.32 Å². The fourth-order valence-corrected chi connectivity index (χ4v) is 3.07. The van der Waals surface area contributed by atoms with Crippen LogP contribution in [0.2, 0.25) is 0 Å². The molecule has 30 heavy (non-hydrogen) atoms. The topological polar surface area (TPSA) is 101 Å². The van der Waals surface area contributed by atoms with Crippen molar-refractivity contribution in [3.05, 3.63) is 90.0 Å². The summed E-state index contributed by atoms with van der Waals surface area (Å²) >= 11 is 0. The van der Waals surface area contributed by atoms with Gasteiger partial charge in [-0.15, -0.1) is 0 Å². The predicted octanol–water partition coefficient (Wildman–Crippen LogP) is 3.14. The zero-order chi connectivity index (χ0) is 21.5. The Morgan fingerprint density at radius 2 is 1.43 bits per heavy atom. The first-order valence-electron chi connectivity index (χ1n) is 9.54. The van der Waals surface area contributed by atoms with Crippen LogP contribution in [-0.2, 0) is 16.0 Å². The molecule has 0 saturated carbocycles. The predicted molar refractivity (Wildman–Crippen MR) is 117 cm³/mol. The second kappa shape index (κ2) is 9.52. The zero-order valence-corrected chi connectivity index (χ0v) is 16.6. The third kappa shape index (κ3) is 5.54. The molecule has 152 valence electrons. The van der Waals surface area contributed by atoms with Gasteiger partial charge in [-0.2, -0.15) is 0 Å². The van der Waals surface area contributed by atoms with E-state index in [1.54, 1.807) is 24.3 Å². The molecule has 0 aromatic heterocycles. The minimum absolute atomic E-state index is 0.195. The fourth-order valence-electron chi connectivity index (χ4n) is 3.07. The van der Waals surface area contributed by atoms with Crippen LogP contribution >= 0.6 is 0 Å². The molecule has 0 spiro atoms. The number of amides is 3. The van der Waals surface area contributed by atoms with Crippen LogP contribution in [-0.4, -0.2) is 23.8 Å². The van der Waals surface area contributed by atoms with Crippen LogP contribution < -0.4 is 16.4 Å². The Balaban J connectivity index is 1.66. The van der Waals surface area contributed by atoms with Gasteiger partial charge in [0.05, 0.1) is 0 Å². The highest BCUT2D eigenvalue weighted by molar-refractivity contribution is 5.98. The monoisotopic (exact) mass is 401 g/mol. The summed E-state index contributed by atoms with van der Waals surface area (Å²) in [6, 6.07) is 23.3. The molecule has 1 atom stereocenters. The summed E-state index contributed by atoms with van der Waals surface area (Å²) in [5.74, 6) is -1.21. The molecule has 0 heterocycles. The average Bonchev–Trinajstić information content (AvgIpc) is 2.74. The van der Waals surface area contributed by atoms with Gasteiger partial charge in [0, 0.05) is 24.6 Å². The van der Waals surface area contributed by atoms with E-state index in [9.17, 15) is 14.4 Å². The van der Waals surface area contributed by atoms with Crippen molar-refractivity contribution in [2.24, 2.45) is 5.73 Å². The van der Waals surface area contributed by atoms with E-state index in [4.69, 9.17) is 5.73 Å². The second-order valence-electron chi connectivity index (χ2n) is 6.95. The molecule has 0 fully saturated rings. The Bertz CT molecular complexity index is 1030. The quantitative estimate of drug-likeness (QED) is 0.567. The van der Waals surface area contributed by atoms with Gasteiger partial charge in [-0.3, -0.25) is 14.4 Å². The van der Waals surface area contributed by atoms with Crippen LogP contribution in [0.3, 0.4) is 0 Å². The van der Waals surface area contributed by atoms with Crippen molar-refractivity contribution in [3.63, 3.8) is 0 Å². The van der Waals surface area contributed by atoms with Crippen LogP contribution in [0.25, 0.3) is 11.1 Å².